The largest absolute Gasteiger partial charge is 0.464 e. The van der Waals surface area contributed by atoms with E-state index in [1.54, 1.807) is 6.92 Å². The quantitative estimate of drug-likeness (QED) is 0.758. The molecule has 1 N–H and O–H groups in total. The van der Waals surface area contributed by atoms with Crippen LogP contribution in [0.15, 0.2) is 24.5 Å². The molecule has 1 rings (SSSR count). The van der Waals surface area contributed by atoms with Gasteiger partial charge in [0.05, 0.1) is 6.61 Å². The number of aromatic nitrogens is 1. The lowest BCUT2D eigenvalue weighted by Crippen LogP contribution is -2.26. The number of hydrogen-bond acceptors (Lipinski definition) is 4. The summed E-state index contributed by atoms with van der Waals surface area (Å²) in [5.74, 6) is -1.05. The lowest BCUT2D eigenvalue weighted by Gasteiger charge is -2.14. The van der Waals surface area contributed by atoms with Gasteiger partial charge in [0.15, 0.2) is 0 Å². The summed E-state index contributed by atoms with van der Waals surface area (Å²) in [7, 11) is 0. The SMILES string of the molecule is CCOC(=O)[C@H](F)[C@@H](O)c1ccncc1. The Hall–Kier alpha value is -1.49. The summed E-state index contributed by atoms with van der Waals surface area (Å²) < 4.78 is 17.8. The molecular formula is C10H12FNO3. The lowest BCUT2D eigenvalue weighted by molar-refractivity contribution is -0.153. The second-order valence-corrected chi connectivity index (χ2v) is 2.88. The van der Waals surface area contributed by atoms with Crippen LogP contribution in [0.1, 0.15) is 18.6 Å². The molecule has 4 nitrogen and oxygen atoms in total. The standard InChI is InChI=1S/C10H12FNO3/c1-2-15-10(14)8(11)9(13)7-3-5-12-6-4-7/h3-6,8-9,13H,2H2,1H3/t8-,9+/m1/s1. The molecule has 0 saturated heterocycles. The summed E-state index contributed by atoms with van der Waals surface area (Å²) in [6.45, 7) is 1.66. The van der Waals surface area contributed by atoms with Crippen molar-refractivity contribution in [1.82, 2.24) is 4.98 Å². The Balaban J connectivity index is 2.68. The molecule has 1 aromatic rings. The minimum atomic E-state index is -2.06. The third kappa shape index (κ3) is 2.99. The highest BCUT2D eigenvalue weighted by Gasteiger charge is 2.28. The first kappa shape index (κ1) is 11.6. The van der Waals surface area contributed by atoms with Crippen molar-refractivity contribution in [3.8, 4) is 0 Å². The molecular weight excluding hydrogens is 201 g/mol. The third-order valence-corrected chi connectivity index (χ3v) is 1.84. The van der Waals surface area contributed by atoms with Crippen molar-refractivity contribution in [3.63, 3.8) is 0 Å². The van der Waals surface area contributed by atoms with Crippen molar-refractivity contribution in [3.05, 3.63) is 30.1 Å². The Labute approximate surface area is 86.7 Å². The fourth-order valence-electron chi connectivity index (χ4n) is 1.08. The van der Waals surface area contributed by atoms with Crippen molar-refractivity contribution in [1.29, 1.82) is 0 Å². The second kappa shape index (κ2) is 5.41. The molecule has 82 valence electrons. The summed E-state index contributed by atoms with van der Waals surface area (Å²) in [5, 5.41) is 9.48. The topological polar surface area (TPSA) is 59.4 Å². The fraction of sp³-hybridized carbons (Fsp3) is 0.400. The van der Waals surface area contributed by atoms with Crippen LogP contribution < -0.4 is 0 Å². The normalized spacial score (nSPS) is 14.3. The van der Waals surface area contributed by atoms with E-state index in [1.165, 1.54) is 24.5 Å². The summed E-state index contributed by atoms with van der Waals surface area (Å²) in [5.41, 5.74) is 0.297. The molecule has 0 aromatic carbocycles. The van der Waals surface area contributed by atoms with E-state index in [1.807, 2.05) is 0 Å². The Morgan fingerprint density at radius 1 is 1.60 bits per heavy atom. The molecule has 0 spiro atoms. The maximum Gasteiger partial charge on any atom is 0.343 e. The molecule has 0 bridgehead atoms. The maximum atomic E-state index is 13.3. The van der Waals surface area contributed by atoms with E-state index < -0.39 is 18.2 Å². The van der Waals surface area contributed by atoms with Gasteiger partial charge in [0, 0.05) is 12.4 Å². The number of carbonyl (C=O) groups is 1. The second-order valence-electron chi connectivity index (χ2n) is 2.88. The molecule has 1 aromatic heterocycles. The number of pyridine rings is 1. The van der Waals surface area contributed by atoms with E-state index in [2.05, 4.69) is 9.72 Å². The van der Waals surface area contributed by atoms with Gasteiger partial charge in [-0.25, -0.2) is 9.18 Å². The molecule has 2 atom stereocenters. The smallest absolute Gasteiger partial charge is 0.343 e. The van der Waals surface area contributed by atoms with E-state index in [0.29, 0.717) is 5.56 Å². The minimum Gasteiger partial charge on any atom is -0.464 e. The number of esters is 1. The van der Waals surface area contributed by atoms with E-state index in [9.17, 15) is 14.3 Å². The van der Waals surface area contributed by atoms with Crippen LogP contribution in [0.3, 0.4) is 0 Å². The minimum absolute atomic E-state index is 0.0856. The Morgan fingerprint density at radius 3 is 2.73 bits per heavy atom. The van der Waals surface area contributed by atoms with Crippen molar-refractivity contribution >= 4 is 5.97 Å². The molecule has 0 amide bonds. The van der Waals surface area contributed by atoms with Crippen LogP contribution in [0.25, 0.3) is 0 Å². The van der Waals surface area contributed by atoms with Crippen LogP contribution in [0.4, 0.5) is 4.39 Å². The Kier molecular flexibility index (Phi) is 4.17. The molecule has 5 heteroatoms. The summed E-state index contributed by atoms with van der Waals surface area (Å²) in [6, 6.07) is 2.88. The summed E-state index contributed by atoms with van der Waals surface area (Å²) >= 11 is 0. The first-order valence-electron chi connectivity index (χ1n) is 4.55. The highest BCUT2D eigenvalue weighted by molar-refractivity contribution is 5.75. The van der Waals surface area contributed by atoms with Gasteiger partial charge in [0.2, 0.25) is 6.17 Å². The van der Waals surface area contributed by atoms with Crippen molar-refractivity contribution < 1.29 is 19.0 Å². The number of aliphatic hydroxyl groups is 1. The van der Waals surface area contributed by atoms with Crippen LogP contribution in [-0.4, -0.2) is 28.8 Å². The third-order valence-electron chi connectivity index (χ3n) is 1.84. The molecule has 0 unspecified atom stereocenters. The number of nitrogens with zero attached hydrogens (tertiary/aromatic N) is 1. The Bertz CT molecular complexity index is 318. The number of aliphatic hydroxyl groups excluding tert-OH is 1. The molecule has 0 fully saturated rings. The molecule has 0 radical (unpaired) electrons. The van der Waals surface area contributed by atoms with Gasteiger partial charge < -0.3 is 9.84 Å². The first-order valence-corrected chi connectivity index (χ1v) is 4.55. The Morgan fingerprint density at radius 2 is 2.20 bits per heavy atom. The zero-order chi connectivity index (χ0) is 11.3. The van der Waals surface area contributed by atoms with Crippen LogP contribution in [0.5, 0.6) is 0 Å². The van der Waals surface area contributed by atoms with Gasteiger partial charge in [0.1, 0.15) is 6.10 Å². The number of hydrogen-bond donors (Lipinski definition) is 1. The summed E-state index contributed by atoms with van der Waals surface area (Å²) in [4.78, 5) is 14.7. The molecule has 0 aliphatic rings. The fourth-order valence-corrected chi connectivity index (χ4v) is 1.08. The van der Waals surface area contributed by atoms with Crippen molar-refractivity contribution in [2.75, 3.05) is 6.61 Å². The zero-order valence-electron chi connectivity index (χ0n) is 8.26. The van der Waals surface area contributed by atoms with Crippen LogP contribution in [0, 0.1) is 0 Å². The first-order chi connectivity index (χ1) is 7.16. The van der Waals surface area contributed by atoms with E-state index in [-0.39, 0.29) is 6.61 Å². The van der Waals surface area contributed by atoms with Gasteiger partial charge in [-0.05, 0) is 24.6 Å². The van der Waals surface area contributed by atoms with Gasteiger partial charge in [-0.2, -0.15) is 0 Å². The predicted molar refractivity (Wildman–Crippen MR) is 50.7 cm³/mol. The number of alkyl halides is 1. The average molecular weight is 213 g/mol. The summed E-state index contributed by atoms with van der Waals surface area (Å²) in [6.07, 6.45) is -0.744. The van der Waals surface area contributed by atoms with E-state index in [4.69, 9.17) is 0 Å². The monoisotopic (exact) mass is 213 g/mol. The molecule has 15 heavy (non-hydrogen) atoms. The number of ether oxygens (including phenoxy) is 1. The highest BCUT2D eigenvalue weighted by Crippen LogP contribution is 2.19. The van der Waals surface area contributed by atoms with Gasteiger partial charge in [-0.3, -0.25) is 4.98 Å². The number of halogens is 1. The highest BCUT2D eigenvalue weighted by atomic mass is 19.1. The molecule has 1 heterocycles. The van der Waals surface area contributed by atoms with Crippen molar-refractivity contribution in [2.45, 2.75) is 19.2 Å². The lowest BCUT2D eigenvalue weighted by atomic mass is 10.1. The number of carbonyl (C=O) groups excluding carboxylic acids is 1. The van der Waals surface area contributed by atoms with Crippen LogP contribution in [-0.2, 0) is 9.53 Å². The maximum absolute atomic E-state index is 13.3. The average Bonchev–Trinajstić information content (AvgIpc) is 2.28. The van der Waals surface area contributed by atoms with Gasteiger partial charge in [-0.15, -0.1) is 0 Å². The number of rotatable bonds is 4. The zero-order valence-corrected chi connectivity index (χ0v) is 8.26. The van der Waals surface area contributed by atoms with E-state index >= 15 is 0 Å². The molecule has 0 aliphatic heterocycles. The van der Waals surface area contributed by atoms with Crippen molar-refractivity contribution in [2.24, 2.45) is 0 Å². The molecule has 0 saturated carbocycles. The predicted octanol–water partition coefficient (Wildman–Crippen LogP) is 1.02. The van der Waals surface area contributed by atoms with Crippen LogP contribution >= 0.6 is 0 Å². The van der Waals surface area contributed by atoms with Gasteiger partial charge >= 0.3 is 5.97 Å². The van der Waals surface area contributed by atoms with Crippen LogP contribution in [0.2, 0.25) is 0 Å². The van der Waals surface area contributed by atoms with Gasteiger partial charge in [-0.1, -0.05) is 0 Å². The molecule has 0 aliphatic carbocycles. The van der Waals surface area contributed by atoms with Gasteiger partial charge in [0.25, 0.3) is 0 Å². The van der Waals surface area contributed by atoms with E-state index in [0.717, 1.165) is 0 Å².